The van der Waals surface area contributed by atoms with Gasteiger partial charge < -0.3 is 4.42 Å². The molecular formula is C24H19NO3Si. The van der Waals surface area contributed by atoms with E-state index in [0.717, 1.165) is 11.6 Å². The molecule has 1 heterocycles. The summed E-state index contributed by atoms with van der Waals surface area (Å²) in [6.45, 7) is 0. The molecule has 1 aromatic heterocycles. The van der Waals surface area contributed by atoms with Gasteiger partial charge in [0, 0.05) is 0 Å². The van der Waals surface area contributed by atoms with Gasteiger partial charge in [0.05, 0.1) is 16.4 Å². The Hall–Kier alpha value is -3.70. The molecule has 0 saturated heterocycles. The molecule has 0 radical (unpaired) electrons. The Morgan fingerprint density at radius 1 is 0.690 bits per heavy atom. The highest BCUT2D eigenvalue weighted by Gasteiger charge is 2.44. The maximum atomic E-state index is 10.7. The van der Waals surface area contributed by atoms with Crippen LogP contribution in [0, 0.1) is 10.1 Å². The molecule has 0 N–H and O–H groups in total. The number of rotatable bonds is 6. The van der Waals surface area contributed by atoms with Gasteiger partial charge in [0.1, 0.15) is 5.76 Å². The van der Waals surface area contributed by atoms with Crippen molar-refractivity contribution in [3.8, 4) is 0 Å². The van der Waals surface area contributed by atoms with E-state index in [1.807, 2.05) is 60.7 Å². The zero-order valence-corrected chi connectivity index (χ0v) is 16.6. The summed E-state index contributed by atoms with van der Waals surface area (Å²) in [5.41, 5.74) is 0. The van der Waals surface area contributed by atoms with Crippen LogP contribution in [0.4, 0.5) is 0 Å². The van der Waals surface area contributed by atoms with E-state index in [2.05, 4.69) is 36.4 Å². The lowest BCUT2D eigenvalue weighted by molar-refractivity contribution is -0.401. The van der Waals surface area contributed by atoms with Crippen molar-refractivity contribution in [2.24, 2.45) is 0 Å². The molecule has 4 nitrogen and oxygen atoms in total. The van der Waals surface area contributed by atoms with Crippen LogP contribution in [-0.4, -0.2) is 13.0 Å². The molecule has 0 aliphatic rings. The van der Waals surface area contributed by atoms with Gasteiger partial charge >= 0.3 is 0 Å². The van der Waals surface area contributed by atoms with Crippen molar-refractivity contribution in [3.63, 3.8) is 0 Å². The van der Waals surface area contributed by atoms with E-state index in [0.29, 0.717) is 5.76 Å². The molecule has 0 spiro atoms. The third-order valence-corrected chi connectivity index (χ3v) is 9.58. The molecule has 0 amide bonds. The van der Waals surface area contributed by atoms with Crippen LogP contribution >= 0.6 is 0 Å². The SMILES string of the molecule is O=[N+]([O-])/C=C/c1ccc([Si](c2ccccc2)(c2ccccc2)c2ccccc2)o1. The third-order valence-electron chi connectivity index (χ3n) is 4.98. The van der Waals surface area contributed by atoms with Crippen molar-refractivity contribution in [2.45, 2.75) is 0 Å². The fourth-order valence-corrected chi connectivity index (χ4v) is 8.30. The van der Waals surface area contributed by atoms with Crippen LogP contribution in [0.15, 0.2) is 114 Å². The number of nitro groups is 1. The Morgan fingerprint density at radius 2 is 1.14 bits per heavy atom. The van der Waals surface area contributed by atoms with E-state index >= 15 is 0 Å². The third kappa shape index (κ3) is 3.55. The molecule has 0 atom stereocenters. The minimum absolute atomic E-state index is 0.469. The standard InChI is InChI=1S/C24H19NO3Si/c26-25(27)19-18-20-16-17-24(28-20)29(21-10-4-1-5-11-21,22-12-6-2-7-13-22)23-14-8-3-9-15-23/h1-19H/b19-18+. The number of nitrogens with zero attached hydrogens (tertiary/aromatic N) is 1. The van der Waals surface area contributed by atoms with Crippen LogP contribution in [0.2, 0.25) is 0 Å². The van der Waals surface area contributed by atoms with Gasteiger partial charge in [-0.3, -0.25) is 10.1 Å². The number of benzene rings is 3. The first kappa shape index (κ1) is 18.7. The maximum Gasteiger partial charge on any atom is 0.238 e. The first-order valence-corrected chi connectivity index (χ1v) is 11.3. The van der Waals surface area contributed by atoms with Crippen molar-refractivity contribution in [1.82, 2.24) is 0 Å². The summed E-state index contributed by atoms with van der Waals surface area (Å²) < 4.78 is 6.23. The molecule has 0 fully saturated rings. The van der Waals surface area contributed by atoms with Crippen LogP contribution in [0.3, 0.4) is 0 Å². The van der Waals surface area contributed by atoms with Crippen LogP contribution < -0.4 is 20.9 Å². The fourth-order valence-electron chi connectivity index (χ4n) is 3.77. The molecule has 0 aliphatic carbocycles. The zero-order valence-electron chi connectivity index (χ0n) is 15.6. The summed E-state index contributed by atoms with van der Waals surface area (Å²) >= 11 is 0. The Morgan fingerprint density at radius 3 is 1.55 bits per heavy atom. The lowest BCUT2D eigenvalue weighted by Gasteiger charge is -2.31. The molecule has 0 unspecified atom stereocenters. The number of furan rings is 1. The van der Waals surface area contributed by atoms with Gasteiger partial charge in [-0.1, -0.05) is 91.0 Å². The predicted octanol–water partition coefficient (Wildman–Crippen LogP) is 2.90. The fraction of sp³-hybridized carbons (Fsp3) is 0. The summed E-state index contributed by atoms with van der Waals surface area (Å²) in [5, 5.41) is 15.1. The number of hydrogen-bond acceptors (Lipinski definition) is 3. The lowest BCUT2D eigenvalue weighted by atomic mass is 10.3. The molecule has 4 rings (SSSR count). The smallest absolute Gasteiger partial charge is 0.238 e. The van der Waals surface area contributed by atoms with E-state index < -0.39 is 13.0 Å². The monoisotopic (exact) mass is 397 g/mol. The molecule has 5 heteroatoms. The van der Waals surface area contributed by atoms with E-state index in [1.165, 1.54) is 21.6 Å². The second kappa shape index (κ2) is 8.12. The lowest BCUT2D eigenvalue weighted by Crippen LogP contribution is -2.74. The van der Waals surface area contributed by atoms with E-state index in [4.69, 9.17) is 4.42 Å². The Bertz CT molecular complexity index is 1030. The van der Waals surface area contributed by atoms with Gasteiger partial charge in [-0.15, -0.1) is 0 Å². The normalized spacial score (nSPS) is 11.6. The summed E-state index contributed by atoms with van der Waals surface area (Å²) in [7, 11) is -2.71. The molecule has 142 valence electrons. The van der Waals surface area contributed by atoms with Crippen molar-refractivity contribution in [3.05, 3.63) is 125 Å². The zero-order chi connectivity index (χ0) is 20.1. The van der Waals surface area contributed by atoms with Crippen molar-refractivity contribution >= 4 is 35.1 Å². The van der Waals surface area contributed by atoms with Crippen LogP contribution in [0.5, 0.6) is 0 Å². The van der Waals surface area contributed by atoms with Crippen molar-refractivity contribution < 1.29 is 9.34 Å². The Labute approximate surface area is 169 Å². The highest BCUT2D eigenvalue weighted by atomic mass is 28.3. The average Bonchev–Trinajstić information content (AvgIpc) is 3.24. The predicted molar refractivity (Wildman–Crippen MR) is 118 cm³/mol. The van der Waals surface area contributed by atoms with Gasteiger partial charge in [0.2, 0.25) is 14.3 Å². The summed E-state index contributed by atoms with van der Waals surface area (Å²) in [4.78, 5) is 10.2. The second-order valence-corrected chi connectivity index (χ2v) is 10.4. The average molecular weight is 398 g/mol. The largest absolute Gasteiger partial charge is 0.465 e. The minimum Gasteiger partial charge on any atom is -0.465 e. The van der Waals surface area contributed by atoms with Crippen LogP contribution in [0.25, 0.3) is 6.08 Å². The van der Waals surface area contributed by atoms with Gasteiger partial charge in [-0.25, -0.2) is 0 Å². The van der Waals surface area contributed by atoms with Crippen molar-refractivity contribution in [1.29, 1.82) is 0 Å². The minimum atomic E-state index is -2.71. The molecular weight excluding hydrogens is 378 g/mol. The molecule has 0 bridgehead atoms. The molecule has 29 heavy (non-hydrogen) atoms. The van der Waals surface area contributed by atoms with Gasteiger partial charge in [0.25, 0.3) is 0 Å². The summed E-state index contributed by atoms with van der Waals surface area (Å²) in [5.74, 6) is 0.469. The van der Waals surface area contributed by atoms with Gasteiger partial charge in [-0.05, 0) is 27.7 Å². The van der Waals surface area contributed by atoms with E-state index in [1.54, 1.807) is 6.07 Å². The van der Waals surface area contributed by atoms with E-state index in [9.17, 15) is 10.1 Å². The quantitative estimate of drug-likeness (QED) is 0.218. The highest BCUT2D eigenvalue weighted by molar-refractivity contribution is 7.19. The molecule has 0 aliphatic heterocycles. The van der Waals surface area contributed by atoms with Crippen LogP contribution in [0.1, 0.15) is 5.76 Å². The maximum absolute atomic E-state index is 10.7. The van der Waals surface area contributed by atoms with Gasteiger partial charge in [-0.2, -0.15) is 0 Å². The van der Waals surface area contributed by atoms with E-state index in [-0.39, 0.29) is 0 Å². The topological polar surface area (TPSA) is 56.3 Å². The van der Waals surface area contributed by atoms with Crippen LogP contribution in [-0.2, 0) is 0 Å². The van der Waals surface area contributed by atoms with Gasteiger partial charge in [0.15, 0.2) is 0 Å². The first-order chi connectivity index (χ1) is 14.2. The number of hydrogen-bond donors (Lipinski definition) is 0. The first-order valence-electron chi connectivity index (χ1n) is 9.30. The van der Waals surface area contributed by atoms with Crippen molar-refractivity contribution in [2.75, 3.05) is 0 Å². The summed E-state index contributed by atoms with van der Waals surface area (Å²) in [6, 6.07) is 34.9. The second-order valence-electron chi connectivity index (χ2n) is 6.65. The molecule has 4 aromatic rings. The summed E-state index contributed by atoms with van der Waals surface area (Å²) in [6.07, 6.45) is 2.29. The highest BCUT2D eigenvalue weighted by Crippen LogP contribution is 2.12. The Kier molecular flexibility index (Phi) is 5.22. The Balaban J connectivity index is 2.02. The molecule has 3 aromatic carbocycles. The molecule has 0 saturated carbocycles.